The zero-order chi connectivity index (χ0) is 14.7. The first kappa shape index (κ1) is 13.9. The summed E-state index contributed by atoms with van der Waals surface area (Å²) in [5, 5.41) is 0.511. The average Bonchev–Trinajstić information content (AvgIpc) is 2.97. The molecule has 0 aliphatic heterocycles. The highest BCUT2D eigenvalue weighted by Crippen LogP contribution is 2.22. The first-order chi connectivity index (χ1) is 10.2. The first-order valence-electron chi connectivity index (χ1n) is 6.93. The summed E-state index contributed by atoms with van der Waals surface area (Å²) in [7, 11) is 0. The molecule has 0 fully saturated rings. The highest BCUT2D eigenvalue weighted by molar-refractivity contribution is 7.20. The smallest absolute Gasteiger partial charge is 0.208 e. The molecule has 0 radical (unpaired) electrons. The molecule has 3 aromatic rings. The van der Waals surface area contributed by atoms with Crippen LogP contribution in [0, 0.1) is 0 Å². The van der Waals surface area contributed by atoms with Crippen LogP contribution in [-0.2, 0) is 6.42 Å². The second-order valence-corrected chi connectivity index (χ2v) is 6.01. The third-order valence-electron chi connectivity index (χ3n) is 3.43. The molecule has 106 valence electrons. The molecule has 3 rings (SSSR count). The van der Waals surface area contributed by atoms with Crippen LogP contribution in [0.2, 0.25) is 0 Å². The summed E-state index contributed by atoms with van der Waals surface area (Å²) in [5.74, 6) is -0.0628. The lowest BCUT2D eigenvalue weighted by atomic mass is 10.0. The Bertz CT molecular complexity index is 719. The van der Waals surface area contributed by atoms with Crippen LogP contribution in [0.1, 0.15) is 21.8 Å². The molecule has 1 unspecified atom stereocenters. The van der Waals surface area contributed by atoms with Gasteiger partial charge in [-0.15, -0.1) is 11.3 Å². The Morgan fingerprint density at radius 2 is 1.81 bits per heavy atom. The summed E-state index contributed by atoms with van der Waals surface area (Å²) in [6, 6.07) is 17.3. The van der Waals surface area contributed by atoms with E-state index in [4.69, 9.17) is 5.73 Å². The summed E-state index contributed by atoms with van der Waals surface area (Å²) in [4.78, 5) is 16.7. The minimum Gasteiger partial charge on any atom is -0.321 e. The Kier molecular flexibility index (Phi) is 4.08. The lowest BCUT2D eigenvalue weighted by Crippen LogP contribution is -2.30. The van der Waals surface area contributed by atoms with Crippen LogP contribution in [0.15, 0.2) is 54.6 Å². The Morgan fingerprint density at radius 1 is 1.10 bits per heavy atom. The van der Waals surface area contributed by atoms with E-state index in [0.717, 1.165) is 16.6 Å². The van der Waals surface area contributed by atoms with Gasteiger partial charge in [0.1, 0.15) is 0 Å². The largest absolute Gasteiger partial charge is 0.321 e. The molecule has 4 heteroatoms. The molecule has 0 aliphatic rings. The van der Waals surface area contributed by atoms with Gasteiger partial charge in [-0.1, -0.05) is 42.5 Å². The van der Waals surface area contributed by atoms with Gasteiger partial charge < -0.3 is 5.73 Å². The van der Waals surface area contributed by atoms with Crippen LogP contribution in [0.3, 0.4) is 0 Å². The molecule has 2 N–H and O–H groups in total. The molecule has 21 heavy (non-hydrogen) atoms. The zero-order valence-corrected chi connectivity index (χ0v) is 12.3. The Balaban J connectivity index is 1.69. The van der Waals surface area contributed by atoms with Crippen molar-refractivity contribution in [2.24, 2.45) is 5.73 Å². The molecule has 0 saturated heterocycles. The van der Waals surface area contributed by atoms with Crippen molar-refractivity contribution in [2.75, 3.05) is 0 Å². The van der Waals surface area contributed by atoms with Crippen molar-refractivity contribution in [1.29, 1.82) is 0 Å². The highest BCUT2D eigenvalue weighted by Gasteiger charge is 2.19. The van der Waals surface area contributed by atoms with Gasteiger partial charge in [0.15, 0.2) is 5.01 Å². The second kappa shape index (κ2) is 6.16. The lowest BCUT2D eigenvalue weighted by Gasteiger charge is -2.08. The number of hydrogen-bond acceptors (Lipinski definition) is 4. The first-order valence-corrected chi connectivity index (χ1v) is 7.75. The van der Waals surface area contributed by atoms with Gasteiger partial charge in [0, 0.05) is 0 Å². The number of aryl methyl sites for hydroxylation is 1. The fraction of sp³-hybridized carbons (Fsp3) is 0.176. The molecule has 0 spiro atoms. The minimum absolute atomic E-state index is 0.0628. The van der Waals surface area contributed by atoms with E-state index in [9.17, 15) is 4.79 Å². The summed E-state index contributed by atoms with van der Waals surface area (Å²) in [6.45, 7) is 0. The topological polar surface area (TPSA) is 56.0 Å². The highest BCUT2D eigenvalue weighted by atomic mass is 32.1. The summed E-state index contributed by atoms with van der Waals surface area (Å²) in [5.41, 5.74) is 8.10. The van der Waals surface area contributed by atoms with Crippen molar-refractivity contribution < 1.29 is 4.79 Å². The van der Waals surface area contributed by atoms with Gasteiger partial charge in [-0.3, -0.25) is 4.79 Å². The van der Waals surface area contributed by atoms with Gasteiger partial charge in [0.05, 0.1) is 16.3 Å². The number of aromatic nitrogens is 1. The number of nitrogens with two attached hydrogens (primary N) is 1. The van der Waals surface area contributed by atoms with Crippen LogP contribution < -0.4 is 5.73 Å². The van der Waals surface area contributed by atoms with E-state index in [1.54, 1.807) is 0 Å². The van der Waals surface area contributed by atoms with Crippen LogP contribution in [-0.4, -0.2) is 16.8 Å². The van der Waals surface area contributed by atoms with E-state index >= 15 is 0 Å². The van der Waals surface area contributed by atoms with E-state index in [0.29, 0.717) is 11.4 Å². The van der Waals surface area contributed by atoms with Gasteiger partial charge >= 0.3 is 0 Å². The number of carbonyl (C=O) groups is 1. The second-order valence-electron chi connectivity index (χ2n) is 4.98. The number of fused-ring (bicyclic) bond motifs is 1. The van der Waals surface area contributed by atoms with Gasteiger partial charge in [-0.25, -0.2) is 4.98 Å². The lowest BCUT2D eigenvalue weighted by molar-refractivity contribution is 0.0957. The maximum absolute atomic E-state index is 12.4. The van der Waals surface area contributed by atoms with E-state index < -0.39 is 6.04 Å². The zero-order valence-electron chi connectivity index (χ0n) is 11.5. The number of ketones is 1. The number of hydrogen-bond donors (Lipinski definition) is 1. The van der Waals surface area contributed by atoms with Crippen molar-refractivity contribution in [3.05, 3.63) is 65.2 Å². The number of thiazole rings is 1. The van der Waals surface area contributed by atoms with Crippen LogP contribution >= 0.6 is 11.3 Å². The molecule has 0 aliphatic carbocycles. The number of rotatable bonds is 5. The third kappa shape index (κ3) is 3.17. The Morgan fingerprint density at radius 3 is 2.57 bits per heavy atom. The summed E-state index contributed by atoms with van der Waals surface area (Å²) < 4.78 is 1.02. The predicted octanol–water partition coefficient (Wildman–Crippen LogP) is 3.44. The maximum Gasteiger partial charge on any atom is 0.208 e. The normalized spacial score (nSPS) is 12.4. The number of benzene rings is 2. The van der Waals surface area contributed by atoms with Crippen molar-refractivity contribution in [3.63, 3.8) is 0 Å². The summed E-state index contributed by atoms with van der Waals surface area (Å²) in [6.07, 6.45) is 1.44. The van der Waals surface area contributed by atoms with Crippen LogP contribution in [0.5, 0.6) is 0 Å². The van der Waals surface area contributed by atoms with E-state index in [-0.39, 0.29) is 5.78 Å². The van der Waals surface area contributed by atoms with E-state index in [1.807, 2.05) is 42.5 Å². The molecular weight excluding hydrogens is 280 g/mol. The average molecular weight is 296 g/mol. The number of para-hydroxylation sites is 1. The predicted molar refractivity (Wildman–Crippen MR) is 86.7 cm³/mol. The molecular formula is C17H16N2OS. The fourth-order valence-electron chi connectivity index (χ4n) is 2.23. The van der Waals surface area contributed by atoms with Gasteiger partial charge in [-0.2, -0.15) is 0 Å². The molecule has 0 bridgehead atoms. The number of carbonyl (C=O) groups excluding carboxylic acids is 1. The standard InChI is InChI=1S/C17H16N2OS/c18-13(11-10-12-6-2-1-3-7-12)16(20)17-19-14-8-4-5-9-15(14)21-17/h1-9,13H,10-11,18H2. The van der Waals surface area contributed by atoms with Gasteiger partial charge in [0.25, 0.3) is 0 Å². The minimum atomic E-state index is -0.495. The molecule has 2 aromatic carbocycles. The summed E-state index contributed by atoms with van der Waals surface area (Å²) >= 11 is 1.41. The molecule has 0 amide bonds. The van der Waals surface area contributed by atoms with Crippen molar-refractivity contribution >= 4 is 27.3 Å². The van der Waals surface area contributed by atoms with Crippen molar-refractivity contribution in [3.8, 4) is 0 Å². The van der Waals surface area contributed by atoms with Crippen LogP contribution in [0.4, 0.5) is 0 Å². The fourth-order valence-corrected chi connectivity index (χ4v) is 3.20. The van der Waals surface area contributed by atoms with E-state index in [1.165, 1.54) is 16.9 Å². The SMILES string of the molecule is NC(CCc1ccccc1)C(=O)c1nc2ccccc2s1. The van der Waals surface area contributed by atoms with Gasteiger partial charge in [-0.05, 0) is 30.5 Å². The molecule has 3 nitrogen and oxygen atoms in total. The Hall–Kier alpha value is -2.04. The quantitative estimate of drug-likeness (QED) is 0.734. The molecule has 1 aromatic heterocycles. The van der Waals surface area contributed by atoms with Crippen molar-refractivity contribution in [1.82, 2.24) is 4.98 Å². The van der Waals surface area contributed by atoms with Crippen molar-refractivity contribution in [2.45, 2.75) is 18.9 Å². The molecule has 1 heterocycles. The van der Waals surface area contributed by atoms with Crippen LogP contribution in [0.25, 0.3) is 10.2 Å². The number of Topliss-reactive ketones (excluding diaryl/α,β-unsaturated/α-hetero) is 1. The number of nitrogens with zero attached hydrogens (tertiary/aromatic N) is 1. The molecule has 0 saturated carbocycles. The Labute approximate surface area is 127 Å². The maximum atomic E-state index is 12.4. The van der Waals surface area contributed by atoms with Gasteiger partial charge in [0.2, 0.25) is 5.78 Å². The molecule has 1 atom stereocenters. The van der Waals surface area contributed by atoms with E-state index in [2.05, 4.69) is 17.1 Å². The monoisotopic (exact) mass is 296 g/mol. The third-order valence-corrected chi connectivity index (χ3v) is 4.48.